The average Bonchev–Trinajstić information content (AvgIpc) is 3.69. The third-order valence-electron chi connectivity index (χ3n) is 15.9. The van der Waals surface area contributed by atoms with Crippen molar-refractivity contribution >= 4 is 71.5 Å². The highest BCUT2D eigenvalue weighted by atomic mass is 31.2. The van der Waals surface area contributed by atoms with Gasteiger partial charge >= 0.3 is 13.3 Å². The molecule has 4 aliphatic rings. The summed E-state index contributed by atoms with van der Waals surface area (Å²) in [6, 6.07) is 22.3. The van der Waals surface area contributed by atoms with E-state index in [1.165, 1.54) is 15.9 Å². The SMILES string of the molecule is NC(=O)CC[C@H](NC(=O)[C@@H]1CC[C@@H]2C[C@H](NC(=O)CCCCC#Cc3cccc4c3CN(C3CCC(=O)NC3=O)C4=O)CC[C@H](NC(=O)c3cc4cc(C(F)(F)P(=O)(O)O)ccc4[nH]3)C(=O)N21)C(=O)CC(c1ccccc1)c1ccccc1. The molecule has 434 valence electrons. The lowest BCUT2D eigenvalue weighted by Crippen LogP contribution is -2.59. The Bertz CT molecular complexity index is 3430. The number of ketones is 1. The number of rotatable bonds is 20. The molecule has 9 rings (SSSR count). The van der Waals surface area contributed by atoms with Crippen LogP contribution in [0.3, 0.4) is 0 Å². The summed E-state index contributed by atoms with van der Waals surface area (Å²) >= 11 is 0. The maximum absolute atomic E-state index is 14.9. The summed E-state index contributed by atoms with van der Waals surface area (Å²) in [5.74, 6) is 1.17. The quantitative estimate of drug-likeness (QED) is 0.0209. The van der Waals surface area contributed by atoms with Crippen molar-refractivity contribution in [2.75, 3.05) is 0 Å². The number of unbranched alkanes of at least 4 members (excludes halogenated alkanes) is 2. The van der Waals surface area contributed by atoms with Crippen molar-refractivity contribution in [3.8, 4) is 11.8 Å². The topological polar surface area (TPSA) is 308 Å². The predicted molar refractivity (Wildman–Crippen MR) is 297 cm³/mol. The molecule has 3 saturated heterocycles. The number of nitrogens with zero attached hydrogens (tertiary/aromatic N) is 2. The summed E-state index contributed by atoms with van der Waals surface area (Å²) in [5.41, 5.74) is 3.54. The van der Waals surface area contributed by atoms with Gasteiger partial charge in [-0.05, 0) is 105 Å². The molecule has 5 heterocycles. The Hall–Kier alpha value is -8.38. The molecule has 0 saturated carbocycles. The molecule has 1 aromatic heterocycles. The zero-order valence-electron chi connectivity index (χ0n) is 45.1. The lowest BCUT2D eigenvalue weighted by molar-refractivity contribution is -0.143. The number of nitrogens with one attached hydrogen (secondary N) is 5. The molecule has 23 heteroatoms. The number of alkyl halides is 2. The molecular weight excluding hydrogens is 1090 g/mol. The van der Waals surface area contributed by atoms with E-state index < -0.39 is 90.5 Å². The maximum Gasteiger partial charge on any atom is 0.399 e. The van der Waals surface area contributed by atoms with Crippen LogP contribution in [0, 0.1) is 11.8 Å². The molecule has 0 bridgehead atoms. The molecule has 9 N–H and O–H groups in total. The summed E-state index contributed by atoms with van der Waals surface area (Å²) in [7, 11) is -5.92. The third-order valence-corrected chi connectivity index (χ3v) is 16.9. The fraction of sp³-hybridized carbons (Fsp3) is 0.383. The average molecular weight is 1160 g/mol. The summed E-state index contributed by atoms with van der Waals surface area (Å²) in [6.45, 7) is 0.175. The van der Waals surface area contributed by atoms with E-state index >= 15 is 0 Å². The number of carbonyl (C=O) groups excluding carboxylic acids is 9. The minimum absolute atomic E-state index is 0.0207. The summed E-state index contributed by atoms with van der Waals surface area (Å²) in [5, 5.41) is 11.0. The van der Waals surface area contributed by atoms with Gasteiger partial charge in [-0.25, -0.2) is 0 Å². The zero-order valence-corrected chi connectivity index (χ0v) is 46.0. The number of H-pyrrole nitrogens is 1. The number of amides is 8. The number of primary amides is 1. The fourth-order valence-electron chi connectivity index (χ4n) is 11.6. The van der Waals surface area contributed by atoms with E-state index in [1.807, 2.05) is 60.7 Å². The first kappa shape index (κ1) is 59.2. The molecule has 0 aliphatic carbocycles. The number of Topliss-reactive ketones (excluding diaryl/α,β-unsaturated/α-hetero) is 1. The highest BCUT2D eigenvalue weighted by Crippen LogP contribution is 2.59. The van der Waals surface area contributed by atoms with Crippen LogP contribution in [0.15, 0.2) is 103 Å². The van der Waals surface area contributed by atoms with Crippen LogP contribution in [-0.4, -0.2) is 114 Å². The van der Waals surface area contributed by atoms with Crippen molar-refractivity contribution in [2.24, 2.45) is 5.73 Å². The molecular formula is C60H63F2N8O12P. The van der Waals surface area contributed by atoms with Gasteiger partial charge in [0.1, 0.15) is 23.8 Å². The van der Waals surface area contributed by atoms with Crippen LogP contribution < -0.4 is 27.0 Å². The van der Waals surface area contributed by atoms with Gasteiger partial charge in [0.2, 0.25) is 35.4 Å². The van der Waals surface area contributed by atoms with Crippen molar-refractivity contribution in [3.63, 3.8) is 0 Å². The van der Waals surface area contributed by atoms with Crippen molar-refractivity contribution in [1.82, 2.24) is 36.1 Å². The van der Waals surface area contributed by atoms with Gasteiger partial charge in [-0.3, -0.25) is 53.0 Å². The number of fused-ring (bicyclic) bond motifs is 3. The van der Waals surface area contributed by atoms with Gasteiger partial charge in [0.15, 0.2) is 5.78 Å². The maximum atomic E-state index is 14.9. The number of carbonyl (C=O) groups is 9. The minimum Gasteiger partial charge on any atom is -0.370 e. The first-order valence-corrected chi connectivity index (χ1v) is 29.2. The van der Waals surface area contributed by atoms with Gasteiger partial charge in [0, 0.05) is 84.2 Å². The van der Waals surface area contributed by atoms with E-state index in [4.69, 9.17) is 5.73 Å². The van der Waals surface area contributed by atoms with Crippen molar-refractivity contribution in [2.45, 2.75) is 144 Å². The molecule has 83 heavy (non-hydrogen) atoms. The van der Waals surface area contributed by atoms with Gasteiger partial charge in [0.05, 0.1) is 6.04 Å². The molecule has 5 aromatic rings. The Morgan fingerprint density at radius 2 is 1.55 bits per heavy atom. The largest absolute Gasteiger partial charge is 0.399 e. The first-order chi connectivity index (χ1) is 39.7. The number of hydrogen-bond acceptors (Lipinski definition) is 10. The van der Waals surface area contributed by atoms with Gasteiger partial charge in [-0.2, -0.15) is 8.78 Å². The van der Waals surface area contributed by atoms with E-state index in [9.17, 15) is 66.3 Å². The molecule has 6 atom stereocenters. The lowest BCUT2D eigenvalue weighted by Gasteiger charge is -2.38. The highest BCUT2D eigenvalue weighted by molar-refractivity contribution is 7.52. The second kappa shape index (κ2) is 25.4. The van der Waals surface area contributed by atoms with Gasteiger partial charge in [-0.15, -0.1) is 0 Å². The number of benzene rings is 4. The van der Waals surface area contributed by atoms with Gasteiger partial charge in [-0.1, -0.05) is 84.6 Å². The Morgan fingerprint density at radius 1 is 0.831 bits per heavy atom. The fourth-order valence-corrected chi connectivity index (χ4v) is 12.1. The highest BCUT2D eigenvalue weighted by Gasteiger charge is 2.51. The van der Waals surface area contributed by atoms with Crippen molar-refractivity contribution in [3.05, 3.63) is 142 Å². The second-order valence-electron chi connectivity index (χ2n) is 21.5. The van der Waals surface area contributed by atoms with Crippen molar-refractivity contribution < 1.29 is 66.3 Å². The van der Waals surface area contributed by atoms with Crippen LogP contribution in [0.25, 0.3) is 10.9 Å². The van der Waals surface area contributed by atoms with Crippen LogP contribution in [0.4, 0.5) is 8.78 Å². The summed E-state index contributed by atoms with van der Waals surface area (Å²) < 4.78 is 41.0. The Balaban J connectivity index is 0.891. The Kier molecular flexibility index (Phi) is 18.1. The molecule has 3 fully saturated rings. The van der Waals surface area contributed by atoms with E-state index in [2.05, 4.69) is 38.1 Å². The number of piperidine rings is 1. The first-order valence-electron chi connectivity index (χ1n) is 27.6. The van der Waals surface area contributed by atoms with E-state index in [-0.39, 0.29) is 111 Å². The third kappa shape index (κ3) is 13.6. The van der Waals surface area contributed by atoms with Gasteiger partial charge in [0.25, 0.3) is 11.8 Å². The number of aromatic amines is 1. The van der Waals surface area contributed by atoms with Crippen LogP contribution in [-0.2, 0) is 50.3 Å². The minimum atomic E-state index is -5.92. The molecule has 20 nitrogen and oxygen atoms in total. The van der Waals surface area contributed by atoms with Gasteiger partial charge < -0.3 is 46.3 Å². The predicted octanol–water partition coefficient (Wildman–Crippen LogP) is 5.44. The van der Waals surface area contributed by atoms with Crippen molar-refractivity contribution in [1.29, 1.82) is 0 Å². The number of nitrogens with two attached hydrogens (primary N) is 1. The molecule has 4 aromatic carbocycles. The molecule has 0 spiro atoms. The monoisotopic (exact) mass is 1160 g/mol. The molecule has 0 radical (unpaired) electrons. The van der Waals surface area contributed by atoms with E-state index in [0.717, 1.165) is 29.3 Å². The lowest BCUT2D eigenvalue weighted by atomic mass is 9.85. The van der Waals surface area contributed by atoms with Crippen LogP contribution in [0.1, 0.15) is 144 Å². The summed E-state index contributed by atoms with van der Waals surface area (Å²) in [6.07, 6.45) is 2.36. The molecule has 4 aliphatic heterocycles. The number of aromatic nitrogens is 1. The Morgan fingerprint density at radius 3 is 2.24 bits per heavy atom. The Labute approximate surface area is 476 Å². The smallest absolute Gasteiger partial charge is 0.370 e. The second-order valence-corrected chi connectivity index (χ2v) is 23.2. The number of hydrogen-bond donors (Lipinski definition) is 8. The standard InChI is InChI=1S/C60H63F2N8O12P/c61-60(62,83(80,81)82)39-20-23-45-38(30-39)31-48(65-45)55(75)67-47-24-21-40(64-53(73)19-10-2-1-5-16-37-17-11-18-42-44(37)34-69(58(42)78)49-27-29-54(74)68-56(49)76)32-41-22-26-50(70(41)59(47)79)57(77)66-46(25-28-52(63)72)51(71)33-43(35-12-6-3-7-13-35)36-14-8-4-9-15-36/h3-4,6-9,11-15,17-18,20,23,30-31,40-41,43,46-47,49-50,65H,1-2,10,19,21-22,24-29,32-34H2,(H2,63,72)(H,64,73)(H,66,77)(H,67,75)(H,68,74,76)(H2,80,81,82)/t40-,41-,46+,47+,49?,50+/m1/s1. The van der Waals surface area contributed by atoms with Crippen LogP contribution in [0.5, 0.6) is 0 Å². The molecule has 1 unspecified atom stereocenters. The normalized spacial score (nSPS) is 20.3. The molecule has 8 amide bonds. The summed E-state index contributed by atoms with van der Waals surface area (Å²) in [4.78, 5) is 146. The number of halogens is 2. The van der Waals surface area contributed by atoms with Crippen LogP contribution >= 0.6 is 7.60 Å². The van der Waals surface area contributed by atoms with Crippen LogP contribution in [0.2, 0.25) is 0 Å². The zero-order chi connectivity index (χ0) is 59.2. The number of imide groups is 1. The van der Waals surface area contributed by atoms with E-state index in [0.29, 0.717) is 42.4 Å². The van der Waals surface area contributed by atoms with E-state index in [1.54, 1.807) is 18.2 Å².